The van der Waals surface area contributed by atoms with Gasteiger partial charge < -0.3 is 10.6 Å². The number of hydrogen-bond acceptors (Lipinski definition) is 4. The van der Waals surface area contributed by atoms with Crippen LogP contribution in [-0.4, -0.2) is 17.4 Å². The molecule has 104 valence electrons. The monoisotopic (exact) mass is 291 g/mol. The number of anilines is 1. The molecule has 2 N–H and O–H groups in total. The van der Waals surface area contributed by atoms with Crippen LogP contribution in [0.4, 0.5) is 9.52 Å². The summed E-state index contributed by atoms with van der Waals surface area (Å²) in [6.07, 6.45) is 1.13. The second-order valence-corrected chi connectivity index (χ2v) is 5.75. The van der Waals surface area contributed by atoms with Crippen molar-refractivity contribution in [2.24, 2.45) is 0 Å². The summed E-state index contributed by atoms with van der Waals surface area (Å²) in [4.78, 5) is 17.5. The predicted molar refractivity (Wildman–Crippen MR) is 76.3 cm³/mol. The third-order valence-corrected chi connectivity index (χ3v) is 4.14. The number of thiazole rings is 1. The summed E-state index contributed by atoms with van der Waals surface area (Å²) in [5.41, 5.74) is 1.86. The van der Waals surface area contributed by atoms with Gasteiger partial charge in [-0.3, -0.25) is 4.79 Å². The van der Waals surface area contributed by atoms with E-state index in [1.54, 1.807) is 12.1 Å². The van der Waals surface area contributed by atoms with Gasteiger partial charge in [0.1, 0.15) is 5.82 Å². The molecule has 0 atom stereocenters. The fourth-order valence-electron chi connectivity index (χ4n) is 2.13. The predicted octanol–water partition coefficient (Wildman–Crippen LogP) is 2.11. The molecule has 1 amide bonds. The van der Waals surface area contributed by atoms with Crippen LogP contribution in [0.15, 0.2) is 24.3 Å². The Morgan fingerprint density at radius 3 is 2.95 bits per heavy atom. The highest BCUT2D eigenvalue weighted by Crippen LogP contribution is 2.25. The fraction of sp³-hybridized carbons (Fsp3) is 0.286. The first kappa shape index (κ1) is 13.2. The van der Waals surface area contributed by atoms with E-state index in [0.29, 0.717) is 5.13 Å². The quantitative estimate of drug-likeness (QED) is 0.910. The Morgan fingerprint density at radius 1 is 1.40 bits per heavy atom. The second kappa shape index (κ2) is 5.68. The van der Waals surface area contributed by atoms with E-state index in [0.717, 1.165) is 30.8 Å². The molecule has 0 unspecified atom stereocenters. The number of nitrogens with one attached hydrogen (secondary N) is 2. The Kier molecular flexibility index (Phi) is 3.75. The number of fused-ring (bicyclic) bond motifs is 1. The zero-order valence-corrected chi connectivity index (χ0v) is 11.6. The Labute approximate surface area is 120 Å². The van der Waals surface area contributed by atoms with Crippen LogP contribution in [0.2, 0.25) is 0 Å². The van der Waals surface area contributed by atoms with E-state index in [1.165, 1.54) is 28.3 Å². The highest BCUT2D eigenvalue weighted by Gasteiger charge is 2.16. The molecule has 4 nitrogen and oxygen atoms in total. The van der Waals surface area contributed by atoms with Gasteiger partial charge in [-0.25, -0.2) is 9.37 Å². The van der Waals surface area contributed by atoms with Crippen LogP contribution in [0.1, 0.15) is 16.1 Å². The van der Waals surface area contributed by atoms with Crippen molar-refractivity contribution in [3.05, 3.63) is 46.2 Å². The topological polar surface area (TPSA) is 54.0 Å². The van der Waals surface area contributed by atoms with Crippen LogP contribution in [-0.2, 0) is 24.2 Å². The first-order valence-electron chi connectivity index (χ1n) is 6.44. The molecule has 1 aliphatic heterocycles. The van der Waals surface area contributed by atoms with Gasteiger partial charge in [0.25, 0.3) is 0 Å². The van der Waals surface area contributed by atoms with Crippen LogP contribution >= 0.6 is 11.3 Å². The van der Waals surface area contributed by atoms with Gasteiger partial charge in [0, 0.05) is 24.4 Å². The van der Waals surface area contributed by atoms with Crippen LogP contribution in [0.25, 0.3) is 0 Å². The van der Waals surface area contributed by atoms with E-state index in [1.807, 2.05) is 0 Å². The van der Waals surface area contributed by atoms with E-state index >= 15 is 0 Å². The lowest BCUT2D eigenvalue weighted by atomic mass is 10.1. The van der Waals surface area contributed by atoms with E-state index in [-0.39, 0.29) is 18.1 Å². The zero-order valence-electron chi connectivity index (χ0n) is 10.8. The van der Waals surface area contributed by atoms with Gasteiger partial charge in [-0.1, -0.05) is 12.1 Å². The minimum absolute atomic E-state index is 0.129. The van der Waals surface area contributed by atoms with E-state index in [4.69, 9.17) is 0 Å². The van der Waals surface area contributed by atoms with Crippen LogP contribution in [0.3, 0.4) is 0 Å². The molecule has 0 spiro atoms. The second-order valence-electron chi connectivity index (χ2n) is 4.67. The number of carbonyl (C=O) groups excluding carboxylic acids is 1. The average molecular weight is 291 g/mol. The molecule has 1 aromatic heterocycles. The Balaban J connectivity index is 1.63. The first-order chi connectivity index (χ1) is 9.70. The zero-order chi connectivity index (χ0) is 13.9. The van der Waals surface area contributed by atoms with Gasteiger partial charge in [0.15, 0.2) is 5.13 Å². The van der Waals surface area contributed by atoms with Gasteiger partial charge >= 0.3 is 0 Å². The molecule has 0 radical (unpaired) electrons. The Morgan fingerprint density at radius 2 is 2.20 bits per heavy atom. The number of halogens is 1. The van der Waals surface area contributed by atoms with Gasteiger partial charge in [0.2, 0.25) is 5.91 Å². The van der Waals surface area contributed by atoms with Gasteiger partial charge in [-0.2, -0.15) is 0 Å². The summed E-state index contributed by atoms with van der Waals surface area (Å²) in [6.45, 7) is 1.75. The number of carbonyl (C=O) groups is 1. The number of rotatable bonds is 3. The van der Waals surface area contributed by atoms with Crippen molar-refractivity contribution in [3.63, 3.8) is 0 Å². The highest BCUT2D eigenvalue weighted by atomic mass is 32.1. The van der Waals surface area contributed by atoms with Crippen LogP contribution in [0.5, 0.6) is 0 Å². The highest BCUT2D eigenvalue weighted by molar-refractivity contribution is 7.15. The molecule has 6 heteroatoms. The molecule has 0 bridgehead atoms. The Bertz CT molecular complexity index is 600. The molecular weight excluding hydrogens is 277 g/mol. The summed E-state index contributed by atoms with van der Waals surface area (Å²) in [7, 11) is 0. The van der Waals surface area contributed by atoms with Crippen LogP contribution in [0, 0.1) is 5.82 Å². The molecule has 20 heavy (non-hydrogen) atoms. The number of hydrogen-bond donors (Lipinski definition) is 2. The van der Waals surface area contributed by atoms with Gasteiger partial charge in [-0.15, -0.1) is 11.3 Å². The molecule has 2 aromatic rings. The van der Waals surface area contributed by atoms with Gasteiger partial charge in [0.05, 0.1) is 12.1 Å². The molecule has 0 aliphatic carbocycles. The average Bonchev–Trinajstić information content (AvgIpc) is 2.83. The molecule has 2 heterocycles. The van der Waals surface area contributed by atoms with Crippen molar-refractivity contribution >= 4 is 22.4 Å². The summed E-state index contributed by atoms with van der Waals surface area (Å²) in [6, 6.07) is 5.95. The molecule has 1 aromatic carbocycles. The standard InChI is InChI=1S/C14H14FN3OS/c15-10-3-1-9(2-4-10)7-13(19)18-14-17-11-5-6-16-8-12(11)20-14/h1-4,16H,5-8H2,(H,17,18,19). The fourth-order valence-corrected chi connectivity index (χ4v) is 3.12. The Hall–Kier alpha value is -1.79. The van der Waals surface area contributed by atoms with Crippen molar-refractivity contribution in [2.75, 3.05) is 11.9 Å². The number of amides is 1. The molecule has 0 fully saturated rings. The third kappa shape index (κ3) is 3.02. The van der Waals surface area contributed by atoms with Crippen molar-refractivity contribution in [1.29, 1.82) is 0 Å². The SMILES string of the molecule is O=C(Cc1ccc(F)cc1)Nc1nc2c(s1)CNCC2. The largest absolute Gasteiger partial charge is 0.311 e. The molecule has 0 saturated carbocycles. The minimum Gasteiger partial charge on any atom is -0.311 e. The summed E-state index contributed by atoms with van der Waals surface area (Å²) >= 11 is 1.51. The lowest BCUT2D eigenvalue weighted by Crippen LogP contribution is -2.22. The van der Waals surface area contributed by atoms with Crippen molar-refractivity contribution in [1.82, 2.24) is 10.3 Å². The van der Waals surface area contributed by atoms with Crippen molar-refractivity contribution in [3.8, 4) is 0 Å². The number of aromatic nitrogens is 1. The molecule has 0 saturated heterocycles. The number of nitrogens with zero attached hydrogens (tertiary/aromatic N) is 1. The molecule has 3 rings (SSSR count). The van der Waals surface area contributed by atoms with Crippen molar-refractivity contribution < 1.29 is 9.18 Å². The maximum Gasteiger partial charge on any atom is 0.230 e. The summed E-state index contributed by atoms with van der Waals surface area (Å²) < 4.78 is 12.8. The third-order valence-electron chi connectivity index (χ3n) is 3.13. The van der Waals surface area contributed by atoms with Crippen molar-refractivity contribution in [2.45, 2.75) is 19.4 Å². The molecule has 1 aliphatic rings. The van der Waals surface area contributed by atoms with E-state index in [9.17, 15) is 9.18 Å². The maximum absolute atomic E-state index is 12.8. The van der Waals surface area contributed by atoms with E-state index < -0.39 is 0 Å². The number of benzene rings is 1. The van der Waals surface area contributed by atoms with Gasteiger partial charge in [-0.05, 0) is 17.7 Å². The summed E-state index contributed by atoms with van der Waals surface area (Å²) in [5, 5.41) is 6.73. The molecular formula is C14H14FN3OS. The van der Waals surface area contributed by atoms with E-state index in [2.05, 4.69) is 15.6 Å². The first-order valence-corrected chi connectivity index (χ1v) is 7.26. The van der Waals surface area contributed by atoms with Crippen LogP contribution < -0.4 is 10.6 Å². The lowest BCUT2D eigenvalue weighted by molar-refractivity contribution is -0.115. The maximum atomic E-state index is 12.8. The minimum atomic E-state index is -0.297. The lowest BCUT2D eigenvalue weighted by Gasteiger charge is -2.09. The smallest absolute Gasteiger partial charge is 0.230 e. The summed E-state index contributed by atoms with van der Waals surface area (Å²) in [5.74, 6) is -0.426. The normalized spacial score (nSPS) is 13.8.